The summed E-state index contributed by atoms with van der Waals surface area (Å²) in [7, 11) is 1.61. The fourth-order valence-corrected chi connectivity index (χ4v) is 4.48. The molecule has 0 amide bonds. The van der Waals surface area contributed by atoms with Gasteiger partial charge in [-0.15, -0.1) is 6.58 Å². The molecule has 10 heteroatoms. The van der Waals surface area contributed by atoms with Gasteiger partial charge in [-0.1, -0.05) is 12.1 Å². The van der Waals surface area contributed by atoms with Gasteiger partial charge >= 0.3 is 5.97 Å². The first-order valence-corrected chi connectivity index (χ1v) is 13.1. The number of methoxy groups -OCH3 is 1. The van der Waals surface area contributed by atoms with Crippen molar-refractivity contribution >= 4 is 22.6 Å². The quantitative estimate of drug-likeness (QED) is 0.115. The van der Waals surface area contributed by atoms with Crippen LogP contribution in [0.3, 0.4) is 0 Å². The summed E-state index contributed by atoms with van der Waals surface area (Å²) in [4.78, 5) is 25.0. The summed E-state index contributed by atoms with van der Waals surface area (Å²) in [5.41, 5.74) is 3.36. The number of anilines is 1. The molecule has 1 heterocycles. The molecule has 2 aromatic rings. The van der Waals surface area contributed by atoms with Gasteiger partial charge in [-0.3, -0.25) is 4.79 Å². The first-order valence-electron chi connectivity index (χ1n) is 13.1. The van der Waals surface area contributed by atoms with E-state index in [1.165, 1.54) is 18.2 Å². The maximum Gasteiger partial charge on any atom is 0.329 e. The SMILES string of the molecule is C=CCOCCOc1cc(-c2c3ccc(=O)cc-3oc3cc(O)ccc23)ccc1N(CCOC)CCOCC(=O)O. The van der Waals surface area contributed by atoms with Crippen LogP contribution in [0.15, 0.2) is 76.5 Å². The van der Waals surface area contributed by atoms with Gasteiger partial charge in [0, 0.05) is 48.8 Å². The second-order valence-electron chi connectivity index (χ2n) is 9.14. The minimum atomic E-state index is -1.03. The summed E-state index contributed by atoms with van der Waals surface area (Å²) in [5, 5.41) is 19.8. The normalized spacial score (nSPS) is 11.1. The molecule has 0 saturated carbocycles. The summed E-state index contributed by atoms with van der Waals surface area (Å²) in [6.45, 7) is 5.82. The van der Waals surface area contributed by atoms with Gasteiger partial charge in [0.15, 0.2) is 5.43 Å². The first kappa shape index (κ1) is 29.6. The van der Waals surface area contributed by atoms with Gasteiger partial charge in [-0.2, -0.15) is 0 Å². The maximum atomic E-state index is 12.1. The van der Waals surface area contributed by atoms with Crippen molar-refractivity contribution in [2.75, 3.05) is 64.7 Å². The summed E-state index contributed by atoms with van der Waals surface area (Å²) in [6, 6.07) is 15.3. The van der Waals surface area contributed by atoms with Crippen LogP contribution >= 0.6 is 0 Å². The van der Waals surface area contributed by atoms with Crippen LogP contribution < -0.4 is 15.1 Å². The molecule has 0 saturated heterocycles. The molecule has 10 nitrogen and oxygen atoms in total. The van der Waals surface area contributed by atoms with Crippen molar-refractivity contribution in [3.05, 3.63) is 77.5 Å². The fourth-order valence-electron chi connectivity index (χ4n) is 4.48. The van der Waals surface area contributed by atoms with Gasteiger partial charge in [0.25, 0.3) is 0 Å². The second-order valence-corrected chi connectivity index (χ2v) is 9.14. The fraction of sp³-hybridized carbons (Fsp3) is 0.290. The maximum absolute atomic E-state index is 12.1. The Hall–Kier alpha value is -4.38. The van der Waals surface area contributed by atoms with Crippen LogP contribution in [-0.2, 0) is 19.0 Å². The van der Waals surface area contributed by atoms with Crippen molar-refractivity contribution in [3.63, 3.8) is 0 Å². The number of nitrogens with zero attached hydrogens (tertiary/aromatic N) is 1. The Kier molecular flexibility index (Phi) is 10.3. The molecule has 0 radical (unpaired) electrons. The molecule has 0 unspecified atom stereocenters. The minimum Gasteiger partial charge on any atom is -0.508 e. The van der Waals surface area contributed by atoms with Gasteiger partial charge in [-0.25, -0.2) is 4.79 Å². The van der Waals surface area contributed by atoms with Crippen molar-refractivity contribution in [1.29, 1.82) is 0 Å². The number of hydrogen-bond donors (Lipinski definition) is 2. The van der Waals surface area contributed by atoms with E-state index in [0.717, 1.165) is 27.8 Å². The third kappa shape index (κ3) is 7.63. The highest BCUT2D eigenvalue weighted by Crippen LogP contribution is 2.43. The predicted molar refractivity (Wildman–Crippen MR) is 155 cm³/mol. The second kappa shape index (κ2) is 14.3. The molecule has 216 valence electrons. The number of aliphatic carboxylic acids is 1. The van der Waals surface area contributed by atoms with Crippen LogP contribution in [0.2, 0.25) is 0 Å². The summed E-state index contributed by atoms with van der Waals surface area (Å²) >= 11 is 0. The van der Waals surface area contributed by atoms with Gasteiger partial charge in [0.1, 0.15) is 36.1 Å². The van der Waals surface area contributed by atoms with Gasteiger partial charge in [0.05, 0.1) is 32.1 Å². The highest BCUT2D eigenvalue weighted by molar-refractivity contribution is 6.02. The van der Waals surface area contributed by atoms with E-state index in [2.05, 4.69) is 6.58 Å². The van der Waals surface area contributed by atoms with Crippen LogP contribution in [-0.4, -0.2) is 76.0 Å². The third-order valence-corrected chi connectivity index (χ3v) is 6.28. The molecule has 1 aliphatic heterocycles. The molecule has 0 fully saturated rings. The lowest BCUT2D eigenvalue weighted by Gasteiger charge is -2.27. The van der Waals surface area contributed by atoms with E-state index < -0.39 is 5.97 Å². The summed E-state index contributed by atoms with van der Waals surface area (Å²) in [5.74, 6) is -0.0249. The number of hydrogen-bond acceptors (Lipinski definition) is 9. The molecule has 2 aromatic carbocycles. The largest absolute Gasteiger partial charge is 0.508 e. The monoisotopic (exact) mass is 563 g/mol. The Bertz CT molecular complexity index is 1510. The van der Waals surface area contributed by atoms with Crippen molar-refractivity contribution in [3.8, 4) is 33.9 Å². The molecule has 0 aromatic heterocycles. The Morgan fingerprint density at radius 2 is 1.83 bits per heavy atom. The Labute approximate surface area is 237 Å². The number of carbonyl (C=O) groups is 1. The number of benzene rings is 3. The van der Waals surface area contributed by atoms with E-state index in [1.807, 2.05) is 23.1 Å². The van der Waals surface area contributed by atoms with Crippen molar-refractivity contribution in [2.24, 2.45) is 0 Å². The molecule has 4 rings (SSSR count). The van der Waals surface area contributed by atoms with Crippen molar-refractivity contribution in [1.82, 2.24) is 0 Å². The van der Waals surface area contributed by atoms with Crippen molar-refractivity contribution < 1.29 is 38.4 Å². The Morgan fingerprint density at radius 3 is 2.61 bits per heavy atom. The molecule has 0 atom stereocenters. The van der Waals surface area contributed by atoms with E-state index in [1.54, 1.807) is 31.4 Å². The third-order valence-electron chi connectivity index (χ3n) is 6.28. The van der Waals surface area contributed by atoms with Crippen molar-refractivity contribution in [2.45, 2.75) is 0 Å². The molecular weight excluding hydrogens is 530 g/mol. The van der Waals surface area contributed by atoms with Crippen LogP contribution in [0, 0.1) is 0 Å². The number of phenolic OH excluding ortho intramolecular Hbond substituents is 1. The predicted octanol–water partition coefficient (Wildman–Crippen LogP) is 4.41. The zero-order valence-electron chi connectivity index (χ0n) is 22.8. The van der Waals surface area contributed by atoms with E-state index in [-0.39, 0.29) is 31.0 Å². The molecule has 0 spiro atoms. The highest BCUT2D eigenvalue weighted by Gasteiger charge is 2.21. The molecule has 2 aliphatic rings. The molecule has 41 heavy (non-hydrogen) atoms. The average molecular weight is 564 g/mol. The highest BCUT2D eigenvalue weighted by atomic mass is 16.5. The summed E-state index contributed by atoms with van der Waals surface area (Å²) < 4.78 is 28.3. The number of phenols is 1. The van der Waals surface area contributed by atoms with Gasteiger partial charge < -0.3 is 38.5 Å². The first-order chi connectivity index (χ1) is 19.9. The molecule has 2 N–H and O–H groups in total. The summed E-state index contributed by atoms with van der Waals surface area (Å²) in [6.07, 6.45) is 1.66. The van der Waals surface area contributed by atoms with Crippen LogP contribution in [0.5, 0.6) is 11.5 Å². The van der Waals surface area contributed by atoms with E-state index in [9.17, 15) is 14.7 Å². The number of rotatable bonds is 16. The van der Waals surface area contributed by atoms with Gasteiger partial charge in [0.2, 0.25) is 0 Å². The number of carboxylic acid groups (broad SMARTS) is 1. The smallest absolute Gasteiger partial charge is 0.329 e. The lowest BCUT2D eigenvalue weighted by atomic mass is 9.93. The Balaban J connectivity index is 1.79. The number of aromatic hydroxyl groups is 1. The van der Waals surface area contributed by atoms with Crippen LogP contribution in [0.4, 0.5) is 5.69 Å². The number of fused-ring (bicyclic) bond motifs is 2. The lowest BCUT2D eigenvalue weighted by molar-refractivity contribution is -0.142. The van der Waals surface area contributed by atoms with E-state index >= 15 is 0 Å². The lowest BCUT2D eigenvalue weighted by Crippen LogP contribution is -2.31. The number of ether oxygens (including phenoxy) is 4. The molecule has 0 bridgehead atoms. The molecular formula is C31H33NO9. The van der Waals surface area contributed by atoms with E-state index in [4.69, 9.17) is 28.5 Å². The average Bonchev–Trinajstić information content (AvgIpc) is 2.95. The Morgan fingerprint density at radius 1 is 1.00 bits per heavy atom. The topological polar surface area (TPSA) is 128 Å². The zero-order valence-corrected chi connectivity index (χ0v) is 22.8. The minimum absolute atomic E-state index is 0.0441. The van der Waals surface area contributed by atoms with E-state index in [0.29, 0.717) is 50.0 Å². The molecule has 1 aliphatic carbocycles. The number of carboxylic acids is 1. The van der Waals surface area contributed by atoms with Gasteiger partial charge in [-0.05, 0) is 42.0 Å². The van der Waals surface area contributed by atoms with Crippen LogP contribution in [0.25, 0.3) is 33.4 Å². The van der Waals surface area contributed by atoms with Crippen LogP contribution in [0.1, 0.15) is 0 Å². The standard InChI is InChI=1S/C31H33NO9/c1-3-12-38-15-16-40-29-17-21(4-9-26(29)32(10-13-37-2)11-14-39-20-30(35)36)31-24-7-5-22(33)18-27(24)41-28-19-23(34)6-8-25(28)31/h3-9,17-19,33H,1,10-16,20H2,2H3,(H,35,36). The zero-order chi connectivity index (χ0) is 29.2.